The molecule has 3 aromatic rings. The third-order valence-corrected chi connectivity index (χ3v) is 8.58. The topological polar surface area (TPSA) is 58.2 Å². The fourth-order valence-electron chi connectivity index (χ4n) is 4.79. The van der Waals surface area contributed by atoms with E-state index in [1.165, 1.54) is 12.1 Å². The van der Waals surface area contributed by atoms with Gasteiger partial charge < -0.3 is 5.32 Å². The van der Waals surface area contributed by atoms with Gasteiger partial charge in [0, 0.05) is 21.8 Å². The average molecular weight is 584 g/mol. The Morgan fingerprint density at radius 3 is 2.60 bits per heavy atom. The molecule has 0 bridgehead atoms. The molecule has 1 aliphatic carbocycles. The van der Waals surface area contributed by atoms with Crippen molar-refractivity contribution in [1.82, 2.24) is 0 Å². The molecule has 2 aliphatic rings. The molecule has 0 radical (unpaired) electrons. The molecule has 0 fully saturated rings. The van der Waals surface area contributed by atoms with Crippen LogP contribution in [0.5, 0.6) is 0 Å². The minimum atomic E-state index is -4.70. The van der Waals surface area contributed by atoms with Crippen LogP contribution in [0.15, 0.2) is 82.2 Å². The van der Waals surface area contributed by atoms with Gasteiger partial charge in [0.25, 0.3) is 10.0 Å². The highest BCUT2D eigenvalue weighted by atomic mass is 79.9. The Hall–Kier alpha value is -2.49. The molecule has 2 N–H and O–H groups in total. The molecule has 0 amide bonds. The zero-order valence-corrected chi connectivity index (χ0v) is 21.1. The maximum atomic E-state index is 13.2. The van der Waals surface area contributed by atoms with Crippen molar-refractivity contribution in [2.45, 2.75) is 29.5 Å². The number of hydrogen-bond acceptors (Lipinski definition) is 3. The molecule has 0 saturated heterocycles. The van der Waals surface area contributed by atoms with Crippen molar-refractivity contribution < 1.29 is 21.6 Å². The molecule has 5 rings (SSSR count). The summed E-state index contributed by atoms with van der Waals surface area (Å²) in [6.07, 6.45) is 0.329. The van der Waals surface area contributed by atoms with Crippen molar-refractivity contribution in [2.75, 3.05) is 10.0 Å². The quantitative estimate of drug-likeness (QED) is 0.309. The van der Waals surface area contributed by atoms with E-state index in [1.54, 1.807) is 12.1 Å². The van der Waals surface area contributed by atoms with Crippen molar-refractivity contribution in [2.24, 2.45) is 5.92 Å². The third kappa shape index (κ3) is 4.69. The summed E-state index contributed by atoms with van der Waals surface area (Å²) in [5, 5.41) is 3.05. The van der Waals surface area contributed by atoms with Gasteiger partial charge >= 0.3 is 6.18 Å². The van der Waals surface area contributed by atoms with Crippen LogP contribution in [0.1, 0.15) is 35.1 Å². The summed E-state index contributed by atoms with van der Waals surface area (Å²) in [5.41, 5.74) is 1.47. The first-order valence-electron chi connectivity index (χ1n) is 10.7. The smallest absolute Gasteiger partial charge is 0.378 e. The molecule has 1 heterocycles. The van der Waals surface area contributed by atoms with Gasteiger partial charge in [-0.05, 0) is 72.0 Å². The van der Waals surface area contributed by atoms with Crippen LogP contribution in [-0.4, -0.2) is 8.42 Å². The number of halogens is 5. The van der Waals surface area contributed by atoms with Crippen LogP contribution in [0.2, 0.25) is 5.02 Å². The van der Waals surface area contributed by atoms with E-state index in [-0.39, 0.29) is 28.5 Å². The molecule has 10 heteroatoms. The maximum Gasteiger partial charge on any atom is 0.417 e. The monoisotopic (exact) mass is 582 g/mol. The third-order valence-electron chi connectivity index (χ3n) is 6.38. The fraction of sp³-hybridized carbons (Fsp3) is 0.200. The Bertz CT molecular complexity index is 1440. The van der Waals surface area contributed by atoms with Gasteiger partial charge in [0.15, 0.2) is 0 Å². The number of anilines is 2. The minimum absolute atomic E-state index is 0.0118. The SMILES string of the molecule is O=S(=O)(Nc1ccc(Cl)c(C(F)(F)F)c1)c1ccc2c(c1)[C@H]1C=CC[C@H]1[C@@H](c1cccc(Br)c1)N2. The van der Waals surface area contributed by atoms with E-state index in [0.29, 0.717) is 6.07 Å². The van der Waals surface area contributed by atoms with E-state index in [4.69, 9.17) is 11.6 Å². The van der Waals surface area contributed by atoms with Crippen LogP contribution < -0.4 is 10.0 Å². The Kier molecular flexibility index (Phi) is 6.14. The van der Waals surface area contributed by atoms with E-state index in [0.717, 1.165) is 33.8 Å². The Balaban J connectivity index is 1.47. The lowest BCUT2D eigenvalue weighted by molar-refractivity contribution is -0.137. The Morgan fingerprint density at radius 1 is 1.06 bits per heavy atom. The molecule has 3 aromatic carbocycles. The second-order valence-electron chi connectivity index (χ2n) is 8.58. The number of hydrogen-bond donors (Lipinski definition) is 2. The summed E-state index contributed by atoms with van der Waals surface area (Å²) < 4.78 is 69.0. The normalized spacial score (nSPS) is 21.2. The van der Waals surface area contributed by atoms with E-state index in [1.807, 2.05) is 12.1 Å². The van der Waals surface area contributed by atoms with E-state index in [9.17, 15) is 21.6 Å². The molecule has 0 saturated carbocycles. The zero-order chi connectivity index (χ0) is 25.0. The maximum absolute atomic E-state index is 13.2. The standard InChI is InChI=1S/C25H19BrClF3N2O2S/c26-15-4-1-3-14(11-15)24-19-6-2-5-18(19)20-13-17(8-10-23(20)31-24)35(33,34)32-16-7-9-22(27)21(12-16)25(28,29)30/h1-5,7-13,18-19,24,31-32H,6H2/t18-,19+,24+/m0/s1. The summed E-state index contributed by atoms with van der Waals surface area (Å²) in [5.74, 6) is 0.214. The molecule has 1 aliphatic heterocycles. The number of rotatable bonds is 4. The van der Waals surface area contributed by atoms with E-state index in [2.05, 4.69) is 50.3 Å². The average Bonchev–Trinajstić information content (AvgIpc) is 3.29. The first-order chi connectivity index (χ1) is 16.5. The zero-order valence-electron chi connectivity index (χ0n) is 18.0. The second kappa shape index (κ2) is 8.87. The van der Waals surface area contributed by atoms with Crippen LogP contribution in [0, 0.1) is 5.92 Å². The molecule has 182 valence electrons. The molecular formula is C25H19BrClF3N2O2S. The van der Waals surface area contributed by atoms with Crippen molar-refractivity contribution in [3.05, 3.63) is 99.0 Å². The van der Waals surface area contributed by atoms with Gasteiger partial charge in [-0.25, -0.2) is 8.42 Å². The fourth-order valence-corrected chi connectivity index (χ4v) is 6.52. The van der Waals surface area contributed by atoms with Gasteiger partial charge in [0.2, 0.25) is 0 Å². The van der Waals surface area contributed by atoms with Crippen molar-refractivity contribution in [3.63, 3.8) is 0 Å². The van der Waals surface area contributed by atoms with Gasteiger partial charge in [-0.1, -0.05) is 51.8 Å². The first kappa shape index (κ1) is 24.2. The van der Waals surface area contributed by atoms with E-state index >= 15 is 0 Å². The van der Waals surface area contributed by atoms with Crippen LogP contribution in [0.4, 0.5) is 24.5 Å². The van der Waals surface area contributed by atoms with Crippen LogP contribution in [0.3, 0.4) is 0 Å². The number of fused-ring (bicyclic) bond motifs is 3. The second-order valence-corrected chi connectivity index (χ2v) is 11.6. The summed E-state index contributed by atoms with van der Waals surface area (Å²) >= 11 is 9.18. The Labute approximate surface area is 214 Å². The van der Waals surface area contributed by atoms with Crippen molar-refractivity contribution in [3.8, 4) is 0 Å². The van der Waals surface area contributed by atoms with Crippen LogP contribution in [0.25, 0.3) is 0 Å². The number of alkyl halides is 3. The largest absolute Gasteiger partial charge is 0.417 e. The molecule has 35 heavy (non-hydrogen) atoms. The van der Waals surface area contributed by atoms with Crippen LogP contribution in [-0.2, 0) is 16.2 Å². The lowest BCUT2D eigenvalue weighted by atomic mass is 9.77. The Morgan fingerprint density at radius 2 is 1.86 bits per heavy atom. The van der Waals surface area contributed by atoms with Crippen molar-refractivity contribution >= 4 is 48.9 Å². The summed E-state index contributed by atoms with van der Waals surface area (Å²) in [6, 6.07) is 15.8. The molecule has 0 aromatic heterocycles. The van der Waals surface area contributed by atoms with Gasteiger partial charge in [-0.2, -0.15) is 13.2 Å². The molecule has 0 unspecified atom stereocenters. The van der Waals surface area contributed by atoms with Crippen LogP contribution >= 0.6 is 27.5 Å². The molecule has 3 atom stereocenters. The summed E-state index contributed by atoms with van der Waals surface area (Å²) in [7, 11) is -4.14. The van der Waals surface area contributed by atoms with Gasteiger partial charge in [-0.3, -0.25) is 4.72 Å². The minimum Gasteiger partial charge on any atom is -0.378 e. The lowest BCUT2D eigenvalue weighted by Crippen LogP contribution is -2.29. The number of sulfonamides is 1. The van der Waals surface area contributed by atoms with Crippen molar-refractivity contribution in [1.29, 1.82) is 0 Å². The molecule has 4 nitrogen and oxygen atoms in total. The number of benzene rings is 3. The lowest BCUT2D eigenvalue weighted by Gasteiger charge is -2.37. The number of nitrogens with one attached hydrogen (secondary N) is 2. The number of allylic oxidation sites excluding steroid dienone is 2. The van der Waals surface area contributed by atoms with Gasteiger partial charge in [-0.15, -0.1) is 0 Å². The first-order valence-corrected chi connectivity index (χ1v) is 13.4. The summed E-state index contributed by atoms with van der Waals surface area (Å²) in [6.45, 7) is 0. The highest BCUT2D eigenvalue weighted by Crippen LogP contribution is 2.50. The van der Waals surface area contributed by atoms with Gasteiger partial charge in [0.1, 0.15) is 0 Å². The predicted molar refractivity (Wildman–Crippen MR) is 134 cm³/mol. The van der Waals surface area contributed by atoms with Gasteiger partial charge in [0.05, 0.1) is 21.5 Å². The predicted octanol–water partition coefficient (Wildman–Crippen LogP) is 7.75. The highest BCUT2D eigenvalue weighted by Gasteiger charge is 2.38. The molecular weight excluding hydrogens is 565 g/mol. The molecule has 0 spiro atoms. The summed E-state index contributed by atoms with van der Waals surface area (Å²) in [4.78, 5) is -0.0264. The highest BCUT2D eigenvalue weighted by molar-refractivity contribution is 9.10. The van der Waals surface area contributed by atoms with E-state index < -0.39 is 26.8 Å².